The summed E-state index contributed by atoms with van der Waals surface area (Å²) >= 11 is 0. The Morgan fingerprint density at radius 2 is 1.79 bits per heavy atom. The molecular formula is C17H25NO. The Labute approximate surface area is 116 Å². The Morgan fingerprint density at radius 1 is 1.16 bits per heavy atom. The lowest BCUT2D eigenvalue weighted by atomic mass is 9.92. The molecule has 1 aliphatic rings. The Balaban J connectivity index is 2.24. The van der Waals surface area contributed by atoms with E-state index in [1.165, 1.54) is 19.3 Å². The van der Waals surface area contributed by atoms with Gasteiger partial charge in [0.1, 0.15) is 0 Å². The van der Waals surface area contributed by atoms with Crippen LogP contribution in [0.4, 0.5) is 0 Å². The lowest BCUT2D eigenvalue weighted by Crippen LogP contribution is -2.45. The van der Waals surface area contributed by atoms with E-state index >= 15 is 0 Å². The van der Waals surface area contributed by atoms with E-state index in [9.17, 15) is 4.79 Å². The third-order valence-corrected chi connectivity index (χ3v) is 4.13. The van der Waals surface area contributed by atoms with Crippen LogP contribution in [0.5, 0.6) is 0 Å². The van der Waals surface area contributed by atoms with Crippen molar-refractivity contribution in [3.63, 3.8) is 0 Å². The average Bonchev–Trinajstić information content (AvgIpc) is 2.40. The SMILES string of the molecule is Cc1ccccc1C(=O)N(C(C)C)C1CCCCC1. The minimum Gasteiger partial charge on any atom is -0.333 e. The van der Waals surface area contributed by atoms with Crippen LogP contribution in [0, 0.1) is 6.92 Å². The van der Waals surface area contributed by atoms with Crippen LogP contribution in [0.15, 0.2) is 24.3 Å². The van der Waals surface area contributed by atoms with Crippen LogP contribution < -0.4 is 0 Å². The quantitative estimate of drug-likeness (QED) is 0.797. The van der Waals surface area contributed by atoms with E-state index < -0.39 is 0 Å². The highest BCUT2D eigenvalue weighted by Gasteiger charge is 2.28. The monoisotopic (exact) mass is 259 g/mol. The number of rotatable bonds is 3. The number of aryl methyl sites for hydroxylation is 1. The van der Waals surface area contributed by atoms with Crippen molar-refractivity contribution >= 4 is 5.91 Å². The molecule has 2 rings (SSSR count). The predicted octanol–water partition coefficient (Wildman–Crippen LogP) is 4.18. The number of nitrogens with zero attached hydrogens (tertiary/aromatic N) is 1. The molecule has 1 saturated carbocycles. The predicted molar refractivity (Wildman–Crippen MR) is 79.4 cm³/mol. The van der Waals surface area contributed by atoms with Crippen LogP contribution in [0.3, 0.4) is 0 Å². The summed E-state index contributed by atoms with van der Waals surface area (Å²) in [6.45, 7) is 6.28. The van der Waals surface area contributed by atoms with Gasteiger partial charge in [0.2, 0.25) is 0 Å². The molecule has 0 aliphatic heterocycles. The largest absolute Gasteiger partial charge is 0.333 e. The molecule has 2 heteroatoms. The van der Waals surface area contributed by atoms with Gasteiger partial charge < -0.3 is 4.90 Å². The van der Waals surface area contributed by atoms with Gasteiger partial charge in [-0.25, -0.2) is 0 Å². The average molecular weight is 259 g/mol. The highest BCUT2D eigenvalue weighted by Crippen LogP contribution is 2.26. The van der Waals surface area contributed by atoms with E-state index in [0.29, 0.717) is 6.04 Å². The van der Waals surface area contributed by atoms with Gasteiger partial charge in [0.15, 0.2) is 0 Å². The summed E-state index contributed by atoms with van der Waals surface area (Å²) in [5.41, 5.74) is 1.94. The summed E-state index contributed by atoms with van der Waals surface area (Å²) in [6.07, 6.45) is 6.16. The van der Waals surface area contributed by atoms with E-state index in [2.05, 4.69) is 18.7 Å². The molecule has 1 aromatic carbocycles. The molecule has 1 amide bonds. The Hall–Kier alpha value is -1.31. The lowest BCUT2D eigenvalue weighted by Gasteiger charge is -2.37. The third-order valence-electron chi connectivity index (χ3n) is 4.13. The molecule has 19 heavy (non-hydrogen) atoms. The van der Waals surface area contributed by atoms with Crippen LogP contribution in [0.2, 0.25) is 0 Å². The van der Waals surface area contributed by atoms with E-state index in [-0.39, 0.29) is 11.9 Å². The first-order valence-corrected chi connectivity index (χ1v) is 7.49. The van der Waals surface area contributed by atoms with E-state index in [0.717, 1.165) is 24.0 Å². The molecule has 2 nitrogen and oxygen atoms in total. The number of benzene rings is 1. The fraction of sp³-hybridized carbons (Fsp3) is 0.588. The Bertz CT molecular complexity index is 433. The molecule has 0 atom stereocenters. The maximum Gasteiger partial charge on any atom is 0.254 e. The number of carbonyl (C=O) groups excluding carboxylic acids is 1. The molecule has 0 unspecified atom stereocenters. The van der Waals surface area contributed by atoms with Crippen molar-refractivity contribution < 1.29 is 4.79 Å². The van der Waals surface area contributed by atoms with Crippen molar-refractivity contribution in [2.45, 2.75) is 65.0 Å². The summed E-state index contributed by atoms with van der Waals surface area (Å²) in [5.74, 6) is 0.208. The van der Waals surface area contributed by atoms with Crippen molar-refractivity contribution in [1.29, 1.82) is 0 Å². The zero-order chi connectivity index (χ0) is 13.8. The molecule has 1 aliphatic carbocycles. The Morgan fingerprint density at radius 3 is 2.37 bits per heavy atom. The zero-order valence-electron chi connectivity index (χ0n) is 12.4. The zero-order valence-corrected chi connectivity index (χ0v) is 12.4. The van der Waals surface area contributed by atoms with Gasteiger partial charge in [-0.2, -0.15) is 0 Å². The van der Waals surface area contributed by atoms with Crippen molar-refractivity contribution in [2.75, 3.05) is 0 Å². The van der Waals surface area contributed by atoms with Gasteiger partial charge in [0, 0.05) is 17.6 Å². The molecule has 104 valence electrons. The van der Waals surface area contributed by atoms with Gasteiger partial charge in [-0.05, 0) is 45.2 Å². The highest BCUT2D eigenvalue weighted by molar-refractivity contribution is 5.96. The van der Waals surface area contributed by atoms with Crippen LogP contribution >= 0.6 is 0 Å². The number of hydrogen-bond donors (Lipinski definition) is 0. The second kappa shape index (κ2) is 6.23. The molecule has 0 radical (unpaired) electrons. The number of carbonyl (C=O) groups is 1. The second-order valence-corrected chi connectivity index (χ2v) is 5.91. The number of amides is 1. The third kappa shape index (κ3) is 3.17. The van der Waals surface area contributed by atoms with E-state index in [1.54, 1.807) is 0 Å². The van der Waals surface area contributed by atoms with Crippen LogP contribution in [0.1, 0.15) is 61.9 Å². The first-order valence-electron chi connectivity index (χ1n) is 7.49. The molecule has 1 fully saturated rings. The van der Waals surface area contributed by atoms with Crippen molar-refractivity contribution in [2.24, 2.45) is 0 Å². The summed E-state index contributed by atoms with van der Waals surface area (Å²) < 4.78 is 0. The Kier molecular flexibility index (Phi) is 4.62. The van der Waals surface area contributed by atoms with E-state index in [4.69, 9.17) is 0 Å². The molecule has 0 N–H and O–H groups in total. The molecule has 0 spiro atoms. The van der Waals surface area contributed by atoms with Crippen molar-refractivity contribution in [1.82, 2.24) is 4.90 Å². The fourth-order valence-electron chi connectivity index (χ4n) is 3.13. The number of hydrogen-bond acceptors (Lipinski definition) is 1. The van der Waals surface area contributed by atoms with Gasteiger partial charge in [0.25, 0.3) is 5.91 Å². The lowest BCUT2D eigenvalue weighted by molar-refractivity contribution is 0.0554. The van der Waals surface area contributed by atoms with Crippen LogP contribution in [0.25, 0.3) is 0 Å². The molecule has 0 bridgehead atoms. The summed E-state index contributed by atoms with van der Waals surface area (Å²) in [6, 6.07) is 8.63. The van der Waals surface area contributed by atoms with Crippen molar-refractivity contribution in [3.8, 4) is 0 Å². The van der Waals surface area contributed by atoms with Crippen LogP contribution in [-0.4, -0.2) is 22.9 Å². The second-order valence-electron chi connectivity index (χ2n) is 5.91. The summed E-state index contributed by atoms with van der Waals surface area (Å²) in [5, 5.41) is 0. The minimum atomic E-state index is 0.208. The molecule has 0 saturated heterocycles. The first kappa shape index (κ1) is 14.1. The fourth-order valence-corrected chi connectivity index (χ4v) is 3.13. The van der Waals surface area contributed by atoms with Gasteiger partial charge >= 0.3 is 0 Å². The van der Waals surface area contributed by atoms with Crippen molar-refractivity contribution in [3.05, 3.63) is 35.4 Å². The maximum absolute atomic E-state index is 12.8. The standard InChI is InChI=1S/C17H25NO/c1-13(2)18(15-10-5-4-6-11-15)17(19)16-12-8-7-9-14(16)3/h7-9,12-13,15H,4-6,10-11H2,1-3H3. The maximum atomic E-state index is 12.8. The first-order chi connectivity index (χ1) is 9.11. The molecule has 1 aromatic rings. The smallest absolute Gasteiger partial charge is 0.254 e. The van der Waals surface area contributed by atoms with E-state index in [1.807, 2.05) is 31.2 Å². The summed E-state index contributed by atoms with van der Waals surface area (Å²) in [4.78, 5) is 14.9. The molecule has 0 heterocycles. The van der Waals surface area contributed by atoms with Crippen LogP contribution in [-0.2, 0) is 0 Å². The minimum absolute atomic E-state index is 0.208. The summed E-state index contributed by atoms with van der Waals surface area (Å²) in [7, 11) is 0. The van der Waals surface area contributed by atoms with Gasteiger partial charge in [-0.15, -0.1) is 0 Å². The highest BCUT2D eigenvalue weighted by atomic mass is 16.2. The van der Waals surface area contributed by atoms with Gasteiger partial charge in [-0.3, -0.25) is 4.79 Å². The topological polar surface area (TPSA) is 20.3 Å². The molecular weight excluding hydrogens is 234 g/mol. The normalized spacial score (nSPS) is 16.6. The van der Waals surface area contributed by atoms with Gasteiger partial charge in [-0.1, -0.05) is 37.5 Å². The molecule has 0 aromatic heterocycles. The van der Waals surface area contributed by atoms with Gasteiger partial charge in [0.05, 0.1) is 0 Å².